The fourth-order valence-electron chi connectivity index (χ4n) is 2.60. The first-order valence-electron chi connectivity index (χ1n) is 6.43. The second-order valence-electron chi connectivity index (χ2n) is 5.24. The molecular weight excluding hydrogens is 208 g/mol. The quantitative estimate of drug-likeness (QED) is 0.859. The van der Waals surface area contributed by atoms with Crippen molar-refractivity contribution >= 4 is 0 Å². The molecule has 0 amide bonds. The molecular formula is C15H20N2. The van der Waals surface area contributed by atoms with Gasteiger partial charge in [0.15, 0.2) is 0 Å². The molecule has 0 aromatic heterocycles. The van der Waals surface area contributed by atoms with E-state index >= 15 is 0 Å². The average molecular weight is 228 g/mol. The third-order valence-electron chi connectivity index (χ3n) is 3.80. The van der Waals surface area contributed by atoms with E-state index in [1.165, 1.54) is 25.7 Å². The minimum atomic E-state index is -0.0337. The highest BCUT2D eigenvalue weighted by Crippen LogP contribution is 2.29. The molecule has 0 bridgehead atoms. The van der Waals surface area contributed by atoms with Crippen molar-refractivity contribution in [2.45, 2.75) is 44.1 Å². The van der Waals surface area contributed by atoms with Gasteiger partial charge < -0.3 is 5.32 Å². The Hall–Kier alpha value is -1.33. The number of nitrogens with zero attached hydrogens (tertiary/aromatic N) is 1. The molecule has 0 heterocycles. The molecule has 1 atom stereocenters. The molecule has 90 valence electrons. The van der Waals surface area contributed by atoms with E-state index in [2.05, 4.69) is 18.3 Å². The van der Waals surface area contributed by atoms with Gasteiger partial charge in [0, 0.05) is 12.1 Å². The first kappa shape index (κ1) is 12.1. The number of benzene rings is 1. The van der Waals surface area contributed by atoms with Gasteiger partial charge in [-0.1, -0.05) is 43.2 Å². The van der Waals surface area contributed by atoms with E-state index < -0.39 is 0 Å². The van der Waals surface area contributed by atoms with Gasteiger partial charge in [0.2, 0.25) is 0 Å². The summed E-state index contributed by atoms with van der Waals surface area (Å²) in [7, 11) is 0. The first-order valence-corrected chi connectivity index (χ1v) is 6.43. The molecule has 1 aliphatic rings. The van der Waals surface area contributed by atoms with Crippen molar-refractivity contribution in [2.75, 3.05) is 6.54 Å². The van der Waals surface area contributed by atoms with Crippen molar-refractivity contribution in [3.8, 4) is 6.07 Å². The third kappa shape index (κ3) is 3.08. The average Bonchev–Trinajstić information content (AvgIpc) is 2.79. The van der Waals surface area contributed by atoms with E-state index in [9.17, 15) is 5.26 Å². The van der Waals surface area contributed by atoms with Crippen LogP contribution < -0.4 is 5.32 Å². The van der Waals surface area contributed by atoms with Crippen LogP contribution >= 0.6 is 0 Å². The zero-order chi connectivity index (χ0) is 12.1. The SMILES string of the molecule is CC1(NCC(C#N)c2ccccc2)CCCC1. The zero-order valence-electron chi connectivity index (χ0n) is 10.4. The van der Waals surface area contributed by atoms with Gasteiger partial charge in [-0.15, -0.1) is 0 Å². The molecule has 0 radical (unpaired) electrons. The van der Waals surface area contributed by atoms with E-state index in [1.54, 1.807) is 0 Å². The van der Waals surface area contributed by atoms with Gasteiger partial charge >= 0.3 is 0 Å². The second kappa shape index (κ2) is 5.33. The number of hydrogen-bond donors (Lipinski definition) is 1. The Labute approximate surface area is 104 Å². The van der Waals surface area contributed by atoms with Gasteiger partial charge in [-0.05, 0) is 25.3 Å². The lowest BCUT2D eigenvalue weighted by molar-refractivity contribution is 0.362. The summed E-state index contributed by atoms with van der Waals surface area (Å²) in [5, 5.41) is 12.8. The van der Waals surface area contributed by atoms with Crippen LogP contribution in [-0.2, 0) is 0 Å². The van der Waals surface area contributed by atoms with E-state index in [4.69, 9.17) is 0 Å². The molecule has 2 rings (SSSR count). The van der Waals surface area contributed by atoms with Crippen LogP contribution in [0.3, 0.4) is 0 Å². The highest BCUT2D eigenvalue weighted by molar-refractivity contribution is 5.25. The van der Waals surface area contributed by atoms with Crippen molar-refractivity contribution in [2.24, 2.45) is 0 Å². The molecule has 1 N–H and O–H groups in total. The fraction of sp³-hybridized carbons (Fsp3) is 0.533. The number of nitriles is 1. The molecule has 0 spiro atoms. The summed E-state index contributed by atoms with van der Waals surface area (Å²) in [5.41, 5.74) is 1.37. The maximum atomic E-state index is 9.25. The number of nitrogens with one attached hydrogen (secondary N) is 1. The standard InChI is InChI=1S/C15H20N2/c1-15(9-5-6-10-15)17-12-14(11-16)13-7-3-2-4-8-13/h2-4,7-8,14,17H,5-6,9-10,12H2,1H3. The summed E-state index contributed by atoms with van der Waals surface area (Å²) in [6.07, 6.45) is 5.10. The molecule has 2 nitrogen and oxygen atoms in total. The third-order valence-corrected chi connectivity index (χ3v) is 3.80. The predicted molar refractivity (Wildman–Crippen MR) is 69.7 cm³/mol. The van der Waals surface area contributed by atoms with Crippen molar-refractivity contribution < 1.29 is 0 Å². The van der Waals surface area contributed by atoms with E-state index in [0.29, 0.717) is 0 Å². The summed E-state index contributed by atoms with van der Waals surface area (Å²) < 4.78 is 0. The highest BCUT2D eigenvalue weighted by Gasteiger charge is 2.28. The molecule has 1 fully saturated rings. The van der Waals surface area contributed by atoms with Crippen LogP contribution in [-0.4, -0.2) is 12.1 Å². The predicted octanol–water partition coefficient (Wildman–Crippen LogP) is 3.22. The Morgan fingerprint density at radius 3 is 2.53 bits per heavy atom. The lowest BCUT2D eigenvalue weighted by Crippen LogP contribution is -2.41. The number of hydrogen-bond acceptors (Lipinski definition) is 2. The smallest absolute Gasteiger partial charge is 0.0837 e. The van der Waals surface area contributed by atoms with Crippen molar-refractivity contribution in [3.05, 3.63) is 35.9 Å². The van der Waals surface area contributed by atoms with E-state index in [1.807, 2.05) is 30.3 Å². The largest absolute Gasteiger partial charge is 0.310 e. The summed E-state index contributed by atoms with van der Waals surface area (Å²) >= 11 is 0. The molecule has 1 unspecified atom stereocenters. The minimum absolute atomic E-state index is 0.0337. The van der Waals surface area contributed by atoms with Gasteiger partial charge in [0.1, 0.15) is 0 Å². The molecule has 0 saturated heterocycles. The fourth-order valence-corrected chi connectivity index (χ4v) is 2.60. The highest BCUT2D eigenvalue weighted by atomic mass is 15.0. The van der Waals surface area contributed by atoms with Crippen LogP contribution in [0.15, 0.2) is 30.3 Å². The van der Waals surface area contributed by atoms with Crippen LogP contribution in [0.25, 0.3) is 0 Å². The van der Waals surface area contributed by atoms with E-state index in [-0.39, 0.29) is 11.5 Å². The Bertz CT molecular complexity index is 385. The Morgan fingerprint density at radius 2 is 1.94 bits per heavy atom. The van der Waals surface area contributed by atoms with E-state index in [0.717, 1.165) is 12.1 Å². The van der Waals surface area contributed by atoms with Crippen LogP contribution in [0.2, 0.25) is 0 Å². The Kier molecular flexibility index (Phi) is 3.81. The summed E-state index contributed by atoms with van der Waals surface area (Å²) in [6.45, 7) is 3.04. The summed E-state index contributed by atoms with van der Waals surface area (Å²) in [5.74, 6) is -0.0337. The van der Waals surface area contributed by atoms with Gasteiger partial charge in [0.25, 0.3) is 0 Å². The molecule has 1 aliphatic carbocycles. The number of rotatable bonds is 4. The van der Waals surface area contributed by atoms with Gasteiger partial charge in [-0.2, -0.15) is 5.26 Å². The molecule has 1 aromatic rings. The van der Waals surface area contributed by atoms with Crippen LogP contribution in [0.1, 0.15) is 44.1 Å². The normalized spacial score (nSPS) is 19.8. The maximum absolute atomic E-state index is 9.25. The topological polar surface area (TPSA) is 35.8 Å². The van der Waals surface area contributed by atoms with Crippen LogP contribution in [0.5, 0.6) is 0 Å². The maximum Gasteiger partial charge on any atom is 0.0837 e. The zero-order valence-corrected chi connectivity index (χ0v) is 10.4. The Balaban J connectivity index is 1.95. The Morgan fingerprint density at radius 1 is 1.29 bits per heavy atom. The second-order valence-corrected chi connectivity index (χ2v) is 5.24. The lowest BCUT2D eigenvalue weighted by Gasteiger charge is -2.26. The van der Waals surface area contributed by atoms with Gasteiger partial charge in [-0.25, -0.2) is 0 Å². The monoisotopic (exact) mass is 228 g/mol. The van der Waals surface area contributed by atoms with Crippen molar-refractivity contribution in [1.29, 1.82) is 5.26 Å². The molecule has 1 aromatic carbocycles. The minimum Gasteiger partial charge on any atom is -0.310 e. The molecule has 17 heavy (non-hydrogen) atoms. The van der Waals surface area contributed by atoms with Crippen LogP contribution in [0, 0.1) is 11.3 Å². The first-order chi connectivity index (χ1) is 8.23. The lowest BCUT2D eigenvalue weighted by atomic mass is 9.96. The van der Waals surface area contributed by atoms with Gasteiger partial charge in [0.05, 0.1) is 12.0 Å². The van der Waals surface area contributed by atoms with Crippen molar-refractivity contribution in [3.63, 3.8) is 0 Å². The molecule has 2 heteroatoms. The summed E-state index contributed by atoms with van der Waals surface area (Å²) in [6, 6.07) is 12.4. The molecule has 0 aliphatic heterocycles. The van der Waals surface area contributed by atoms with Crippen LogP contribution in [0.4, 0.5) is 0 Å². The molecule has 1 saturated carbocycles. The van der Waals surface area contributed by atoms with Crippen molar-refractivity contribution in [1.82, 2.24) is 5.32 Å². The summed E-state index contributed by atoms with van der Waals surface area (Å²) in [4.78, 5) is 0. The van der Waals surface area contributed by atoms with Gasteiger partial charge in [-0.3, -0.25) is 0 Å².